The molecule has 1 aliphatic rings. The van der Waals surface area contributed by atoms with Crippen molar-refractivity contribution in [2.24, 2.45) is 0 Å². The van der Waals surface area contributed by atoms with Crippen molar-refractivity contribution in [2.45, 2.75) is 13.0 Å². The number of nitrogens with one attached hydrogen (secondary N) is 1. The van der Waals surface area contributed by atoms with Crippen molar-refractivity contribution in [1.82, 2.24) is 15.1 Å². The van der Waals surface area contributed by atoms with E-state index >= 15 is 0 Å². The highest BCUT2D eigenvalue weighted by atomic mass is 35.5. The Balaban J connectivity index is 1.92. The number of nitrogens with zero attached hydrogens (tertiary/aromatic N) is 2. The third-order valence-electron chi connectivity index (χ3n) is 4.92. The SMILES string of the molecule is Cc1cc(O)c(-c2n[nH]c3c2[C@H](c2ccc(F)cc2)N(CCO)C3=O)cc1Cl. The molecular weight excluding hydrogens is 385 g/mol. The number of aliphatic hydroxyl groups is 1. The van der Waals surface area contributed by atoms with Crippen molar-refractivity contribution in [3.8, 4) is 17.0 Å². The zero-order chi connectivity index (χ0) is 20.0. The predicted octanol–water partition coefficient (Wildman–Crippen LogP) is 3.42. The molecule has 8 heteroatoms. The Morgan fingerprint density at radius 3 is 2.68 bits per heavy atom. The Bertz CT molecular complexity index is 1070. The van der Waals surface area contributed by atoms with Crippen LogP contribution in [0.1, 0.15) is 33.2 Å². The first-order chi connectivity index (χ1) is 13.4. The van der Waals surface area contributed by atoms with Crippen LogP contribution in [-0.4, -0.2) is 44.4 Å². The Morgan fingerprint density at radius 1 is 1.29 bits per heavy atom. The van der Waals surface area contributed by atoms with Gasteiger partial charge in [-0.3, -0.25) is 9.89 Å². The van der Waals surface area contributed by atoms with Gasteiger partial charge >= 0.3 is 0 Å². The lowest BCUT2D eigenvalue weighted by atomic mass is 9.95. The number of carbonyl (C=O) groups is 1. The first-order valence-electron chi connectivity index (χ1n) is 8.67. The number of aromatic amines is 1. The lowest BCUT2D eigenvalue weighted by molar-refractivity contribution is 0.0706. The maximum atomic E-state index is 13.4. The molecule has 0 unspecified atom stereocenters. The minimum absolute atomic E-state index is 0.0119. The second kappa shape index (κ2) is 6.92. The molecule has 0 radical (unpaired) electrons. The molecule has 3 N–H and O–H groups in total. The summed E-state index contributed by atoms with van der Waals surface area (Å²) in [6.45, 7) is 1.65. The van der Waals surface area contributed by atoms with Gasteiger partial charge in [-0.05, 0) is 42.3 Å². The third kappa shape index (κ3) is 2.83. The fourth-order valence-electron chi connectivity index (χ4n) is 3.59. The number of β-amino-alcohol motifs (C(OH)–C–C–N with tert-alkyl or cyclic N) is 1. The number of amides is 1. The van der Waals surface area contributed by atoms with E-state index in [2.05, 4.69) is 10.2 Å². The molecule has 2 aromatic carbocycles. The molecule has 6 nitrogen and oxygen atoms in total. The van der Waals surface area contributed by atoms with E-state index in [1.807, 2.05) is 0 Å². The summed E-state index contributed by atoms with van der Waals surface area (Å²) in [6.07, 6.45) is 0. The molecule has 1 aromatic heterocycles. The number of halogens is 2. The molecule has 0 saturated carbocycles. The van der Waals surface area contributed by atoms with E-state index < -0.39 is 11.9 Å². The highest BCUT2D eigenvalue weighted by Gasteiger charge is 2.42. The van der Waals surface area contributed by atoms with E-state index in [9.17, 15) is 19.4 Å². The van der Waals surface area contributed by atoms with E-state index in [0.717, 1.165) is 0 Å². The number of aromatic hydroxyl groups is 1. The molecule has 0 aliphatic carbocycles. The van der Waals surface area contributed by atoms with Gasteiger partial charge in [-0.25, -0.2) is 4.39 Å². The van der Waals surface area contributed by atoms with Gasteiger partial charge in [-0.15, -0.1) is 0 Å². The van der Waals surface area contributed by atoms with Crippen LogP contribution in [0.15, 0.2) is 36.4 Å². The maximum absolute atomic E-state index is 13.4. The van der Waals surface area contributed by atoms with Crippen LogP contribution in [0, 0.1) is 12.7 Å². The second-order valence-electron chi connectivity index (χ2n) is 6.66. The van der Waals surface area contributed by atoms with Crippen molar-refractivity contribution in [3.63, 3.8) is 0 Å². The number of aromatic nitrogens is 2. The number of phenolic OH excluding ortho intramolecular Hbond substituents is 1. The average Bonchev–Trinajstić information content (AvgIpc) is 3.20. The van der Waals surface area contributed by atoms with Gasteiger partial charge in [0.25, 0.3) is 5.91 Å². The molecule has 1 amide bonds. The Hall–Kier alpha value is -2.90. The standard InChI is InChI=1S/C20H17ClFN3O3/c1-10-8-15(27)13(9-14(10)21)17-16-18(24-23-17)20(28)25(6-7-26)19(16)11-2-4-12(22)5-3-11/h2-5,8-9,19,26-27H,6-7H2,1H3,(H,23,24)/t19-/m0/s1. The average molecular weight is 402 g/mol. The monoisotopic (exact) mass is 401 g/mol. The zero-order valence-electron chi connectivity index (χ0n) is 14.9. The van der Waals surface area contributed by atoms with Crippen molar-refractivity contribution in [2.75, 3.05) is 13.2 Å². The maximum Gasteiger partial charge on any atom is 0.273 e. The van der Waals surface area contributed by atoms with Crippen LogP contribution < -0.4 is 0 Å². The Kier molecular flexibility index (Phi) is 4.56. The molecule has 0 spiro atoms. The first-order valence-corrected chi connectivity index (χ1v) is 9.05. The lowest BCUT2D eigenvalue weighted by Crippen LogP contribution is -2.32. The number of hydrogen-bond donors (Lipinski definition) is 3. The van der Waals surface area contributed by atoms with Gasteiger partial charge in [0.05, 0.1) is 12.6 Å². The summed E-state index contributed by atoms with van der Waals surface area (Å²) in [7, 11) is 0. The molecule has 2 heterocycles. The van der Waals surface area contributed by atoms with Crippen molar-refractivity contribution >= 4 is 17.5 Å². The number of H-pyrrole nitrogens is 1. The molecule has 28 heavy (non-hydrogen) atoms. The number of fused-ring (bicyclic) bond motifs is 1. The molecule has 1 aliphatic heterocycles. The number of hydrogen-bond acceptors (Lipinski definition) is 4. The summed E-state index contributed by atoms with van der Waals surface area (Å²) < 4.78 is 13.4. The molecule has 144 valence electrons. The van der Waals surface area contributed by atoms with Crippen LogP contribution in [-0.2, 0) is 0 Å². The van der Waals surface area contributed by atoms with Crippen LogP contribution >= 0.6 is 11.6 Å². The van der Waals surface area contributed by atoms with Crippen molar-refractivity contribution < 1.29 is 19.4 Å². The minimum atomic E-state index is -0.580. The molecule has 1 atom stereocenters. The van der Waals surface area contributed by atoms with E-state index in [1.165, 1.54) is 23.1 Å². The van der Waals surface area contributed by atoms with E-state index in [1.54, 1.807) is 25.1 Å². The van der Waals surface area contributed by atoms with Gasteiger partial charge < -0.3 is 15.1 Å². The first kappa shape index (κ1) is 18.5. The number of phenols is 1. The normalized spacial score (nSPS) is 15.9. The summed E-state index contributed by atoms with van der Waals surface area (Å²) in [5, 5.41) is 27.3. The van der Waals surface area contributed by atoms with E-state index in [-0.39, 0.29) is 30.5 Å². The van der Waals surface area contributed by atoms with Gasteiger partial charge in [0.15, 0.2) is 0 Å². The molecule has 3 aromatic rings. The summed E-state index contributed by atoms with van der Waals surface area (Å²) in [5.74, 6) is -0.727. The third-order valence-corrected chi connectivity index (χ3v) is 5.33. The van der Waals surface area contributed by atoms with Gasteiger partial charge in [0.1, 0.15) is 23.0 Å². The fourth-order valence-corrected chi connectivity index (χ4v) is 3.75. The highest BCUT2D eigenvalue weighted by molar-refractivity contribution is 6.31. The molecule has 0 bridgehead atoms. The number of rotatable bonds is 4. The summed E-state index contributed by atoms with van der Waals surface area (Å²) in [4.78, 5) is 14.4. The van der Waals surface area contributed by atoms with E-state index in [0.29, 0.717) is 33.0 Å². The summed E-state index contributed by atoms with van der Waals surface area (Å²) in [5.41, 5.74) is 2.98. The predicted molar refractivity (Wildman–Crippen MR) is 102 cm³/mol. The van der Waals surface area contributed by atoms with Crippen LogP contribution in [0.25, 0.3) is 11.3 Å². The topological polar surface area (TPSA) is 89.5 Å². The van der Waals surface area contributed by atoms with Crippen LogP contribution in [0.2, 0.25) is 5.02 Å². The molecule has 4 rings (SSSR count). The quantitative estimate of drug-likeness (QED) is 0.625. The number of carbonyl (C=O) groups excluding carboxylic acids is 1. The van der Waals surface area contributed by atoms with Crippen LogP contribution in [0.3, 0.4) is 0 Å². The van der Waals surface area contributed by atoms with Gasteiger partial charge in [0.2, 0.25) is 0 Å². The Labute approximate surface area is 165 Å². The second-order valence-corrected chi connectivity index (χ2v) is 7.06. The van der Waals surface area contributed by atoms with Crippen molar-refractivity contribution in [1.29, 1.82) is 0 Å². The van der Waals surface area contributed by atoms with Crippen LogP contribution in [0.5, 0.6) is 5.75 Å². The fraction of sp³-hybridized carbons (Fsp3) is 0.200. The number of aryl methyl sites for hydroxylation is 1. The molecule has 0 fully saturated rings. The van der Waals surface area contributed by atoms with Crippen LogP contribution in [0.4, 0.5) is 4.39 Å². The smallest absolute Gasteiger partial charge is 0.273 e. The van der Waals surface area contributed by atoms with Gasteiger partial charge in [-0.1, -0.05) is 23.7 Å². The number of benzene rings is 2. The highest BCUT2D eigenvalue weighted by Crippen LogP contribution is 2.45. The molecule has 0 saturated heterocycles. The number of aliphatic hydroxyl groups excluding tert-OH is 1. The zero-order valence-corrected chi connectivity index (χ0v) is 15.7. The lowest BCUT2D eigenvalue weighted by Gasteiger charge is -2.25. The summed E-state index contributed by atoms with van der Waals surface area (Å²) >= 11 is 6.23. The van der Waals surface area contributed by atoms with Gasteiger partial charge in [-0.2, -0.15) is 5.10 Å². The van der Waals surface area contributed by atoms with Gasteiger partial charge in [0, 0.05) is 22.7 Å². The molecular formula is C20H17ClFN3O3. The minimum Gasteiger partial charge on any atom is -0.507 e. The van der Waals surface area contributed by atoms with E-state index in [4.69, 9.17) is 11.6 Å². The van der Waals surface area contributed by atoms with Crippen molar-refractivity contribution in [3.05, 3.63) is 69.6 Å². The Morgan fingerprint density at radius 2 is 2.00 bits per heavy atom. The largest absolute Gasteiger partial charge is 0.507 e. The summed E-state index contributed by atoms with van der Waals surface area (Å²) in [6, 6.07) is 8.36.